The van der Waals surface area contributed by atoms with Gasteiger partial charge in [-0.2, -0.15) is 10.2 Å². The first kappa shape index (κ1) is 25.4. The van der Waals surface area contributed by atoms with Gasteiger partial charge in [0.2, 0.25) is 0 Å². The van der Waals surface area contributed by atoms with Crippen LogP contribution in [0.25, 0.3) is 0 Å². The second kappa shape index (κ2) is 14.1. The van der Waals surface area contributed by atoms with E-state index in [1.54, 1.807) is 24.3 Å². The monoisotopic (exact) mass is 456 g/mol. The number of esters is 1. The quantitative estimate of drug-likeness (QED) is 0.111. The Labute approximate surface area is 204 Å². The van der Waals surface area contributed by atoms with E-state index in [1.165, 1.54) is 56.1 Å². The minimum absolute atomic E-state index is 0.357. The molecular weight excluding hydrogens is 420 g/mol. The summed E-state index contributed by atoms with van der Waals surface area (Å²) < 4.78 is 5.51. The van der Waals surface area contributed by atoms with Gasteiger partial charge in [0.25, 0.3) is 0 Å². The number of ether oxygens (including phenoxy) is 1. The number of benzene rings is 3. The van der Waals surface area contributed by atoms with Gasteiger partial charge in [-0.1, -0.05) is 70.2 Å². The van der Waals surface area contributed by atoms with E-state index in [9.17, 15) is 4.79 Å². The number of rotatable bonds is 13. The molecule has 0 amide bonds. The molecule has 178 valence electrons. The van der Waals surface area contributed by atoms with E-state index in [0.717, 1.165) is 18.5 Å². The maximum atomic E-state index is 12.4. The highest BCUT2D eigenvalue weighted by Crippen LogP contribution is 2.23. The van der Waals surface area contributed by atoms with Crippen molar-refractivity contribution in [2.24, 2.45) is 10.2 Å². The zero-order valence-corrected chi connectivity index (χ0v) is 20.5. The Morgan fingerprint density at radius 3 is 1.65 bits per heavy atom. The van der Waals surface area contributed by atoms with Crippen molar-refractivity contribution in [3.8, 4) is 5.75 Å². The number of hydrogen-bond donors (Lipinski definition) is 0. The molecule has 0 N–H and O–H groups in total. The lowest BCUT2D eigenvalue weighted by molar-refractivity contribution is 0.0734. The molecule has 34 heavy (non-hydrogen) atoms. The third-order valence-electron chi connectivity index (χ3n) is 5.84. The molecule has 0 bridgehead atoms. The molecule has 0 aliphatic heterocycles. The Morgan fingerprint density at radius 1 is 0.618 bits per heavy atom. The first-order valence-electron chi connectivity index (χ1n) is 12.6. The van der Waals surface area contributed by atoms with Gasteiger partial charge in [0, 0.05) is 0 Å². The number of azo groups is 1. The largest absolute Gasteiger partial charge is 0.423 e. The molecule has 4 heteroatoms. The second-order valence-corrected chi connectivity index (χ2v) is 8.71. The number of carbonyl (C=O) groups is 1. The summed E-state index contributed by atoms with van der Waals surface area (Å²) in [7, 11) is 0. The fraction of sp³-hybridized carbons (Fsp3) is 0.367. The van der Waals surface area contributed by atoms with E-state index >= 15 is 0 Å². The second-order valence-electron chi connectivity index (χ2n) is 8.71. The molecular formula is C30H36N2O2. The molecule has 0 aliphatic carbocycles. The van der Waals surface area contributed by atoms with Crippen LogP contribution in [0.1, 0.15) is 80.3 Å². The van der Waals surface area contributed by atoms with Crippen molar-refractivity contribution >= 4 is 17.3 Å². The van der Waals surface area contributed by atoms with Gasteiger partial charge >= 0.3 is 5.97 Å². The van der Waals surface area contributed by atoms with Crippen molar-refractivity contribution < 1.29 is 9.53 Å². The summed E-state index contributed by atoms with van der Waals surface area (Å²) in [5.74, 6) is 0.132. The lowest BCUT2D eigenvalue weighted by atomic mass is 10.1. The fourth-order valence-electron chi connectivity index (χ4n) is 3.73. The molecule has 4 nitrogen and oxygen atoms in total. The summed E-state index contributed by atoms with van der Waals surface area (Å²) in [4.78, 5) is 12.4. The number of nitrogens with zero attached hydrogens (tertiary/aromatic N) is 2. The van der Waals surface area contributed by atoms with Gasteiger partial charge in [0.1, 0.15) is 5.75 Å². The van der Waals surface area contributed by atoms with E-state index in [-0.39, 0.29) is 5.97 Å². The number of hydrogen-bond acceptors (Lipinski definition) is 4. The van der Waals surface area contributed by atoms with Crippen LogP contribution in [0, 0.1) is 0 Å². The van der Waals surface area contributed by atoms with Crippen molar-refractivity contribution in [3.05, 3.63) is 89.5 Å². The number of unbranched alkanes of at least 4 members (excludes halogenated alkanes) is 5. The van der Waals surface area contributed by atoms with Crippen molar-refractivity contribution in [1.29, 1.82) is 0 Å². The van der Waals surface area contributed by atoms with Crippen LogP contribution in [0.2, 0.25) is 0 Å². The van der Waals surface area contributed by atoms with Crippen LogP contribution in [0.4, 0.5) is 11.4 Å². The fourth-order valence-corrected chi connectivity index (χ4v) is 3.73. The molecule has 0 radical (unpaired) electrons. The van der Waals surface area contributed by atoms with E-state index in [0.29, 0.717) is 17.0 Å². The van der Waals surface area contributed by atoms with E-state index in [1.807, 2.05) is 36.4 Å². The maximum Gasteiger partial charge on any atom is 0.343 e. The standard InChI is InChI=1S/C30H36N2O2/c1-3-5-7-9-11-25-14-18-27(19-15-25)31-32-28-20-22-29(23-21-28)34-30(33)26-16-12-24(13-17-26)10-8-6-4-2/h12-23H,3-11H2,1-2H3. The molecule has 0 spiro atoms. The van der Waals surface area contributed by atoms with Crippen LogP contribution in [-0.2, 0) is 12.8 Å². The van der Waals surface area contributed by atoms with E-state index < -0.39 is 0 Å². The number of aryl methyl sites for hydroxylation is 2. The van der Waals surface area contributed by atoms with Crippen molar-refractivity contribution in [2.45, 2.75) is 71.6 Å². The van der Waals surface area contributed by atoms with Gasteiger partial charge in [-0.05, 0) is 85.3 Å². The normalized spacial score (nSPS) is 11.1. The molecule has 3 rings (SSSR count). The summed E-state index contributed by atoms with van der Waals surface area (Å²) in [6.45, 7) is 4.43. The molecule has 0 atom stereocenters. The molecule has 0 saturated carbocycles. The topological polar surface area (TPSA) is 51.0 Å². The highest BCUT2D eigenvalue weighted by Gasteiger charge is 2.08. The summed E-state index contributed by atoms with van der Waals surface area (Å²) >= 11 is 0. The van der Waals surface area contributed by atoms with Crippen LogP contribution in [-0.4, -0.2) is 5.97 Å². The van der Waals surface area contributed by atoms with Gasteiger partial charge in [0.05, 0.1) is 16.9 Å². The molecule has 0 unspecified atom stereocenters. The van der Waals surface area contributed by atoms with Crippen molar-refractivity contribution in [2.75, 3.05) is 0 Å². The van der Waals surface area contributed by atoms with Crippen molar-refractivity contribution in [1.82, 2.24) is 0 Å². The summed E-state index contributed by atoms with van der Waals surface area (Å²) in [6.07, 6.45) is 10.8. The SMILES string of the molecule is CCCCCCc1ccc(N=Nc2ccc(OC(=O)c3ccc(CCCCC)cc3)cc2)cc1. The Bertz CT molecular complexity index is 1020. The predicted molar refractivity (Wildman–Crippen MR) is 140 cm³/mol. The number of carbonyl (C=O) groups excluding carboxylic acids is 1. The highest BCUT2D eigenvalue weighted by molar-refractivity contribution is 5.91. The summed E-state index contributed by atoms with van der Waals surface area (Å²) in [6, 6.07) is 23.0. The van der Waals surface area contributed by atoms with Gasteiger partial charge in [-0.25, -0.2) is 4.79 Å². The van der Waals surface area contributed by atoms with Gasteiger partial charge in [-0.15, -0.1) is 0 Å². The van der Waals surface area contributed by atoms with E-state index in [2.05, 4.69) is 36.2 Å². The lowest BCUT2D eigenvalue weighted by Crippen LogP contribution is -2.08. The van der Waals surface area contributed by atoms with Crippen LogP contribution in [0.3, 0.4) is 0 Å². The van der Waals surface area contributed by atoms with Gasteiger partial charge in [0.15, 0.2) is 0 Å². The molecule has 0 saturated heterocycles. The van der Waals surface area contributed by atoms with Crippen molar-refractivity contribution in [3.63, 3.8) is 0 Å². The average Bonchev–Trinajstić information content (AvgIpc) is 2.87. The minimum atomic E-state index is -0.357. The minimum Gasteiger partial charge on any atom is -0.423 e. The average molecular weight is 457 g/mol. The third kappa shape index (κ3) is 8.58. The maximum absolute atomic E-state index is 12.4. The molecule has 0 heterocycles. The molecule has 0 aromatic heterocycles. The van der Waals surface area contributed by atoms with Crippen LogP contribution >= 0.6 is 0 Å². The third-order valence-corrected chi connectivity index (χ3v) is 5.84. The van der Waals surface area contributed by atoms with Crippen LogP contribution in [0.5, 0.6) is 5.75 Å². The zero-order valence-electron chi connectivity index (χ0n) is 20.5. The lowest BCUT2D eigenvalue weighted by Gasteiger charge is -2.06. The highest BCUT2D eigenvalue weighted by atomic mass is 16.5. The Morgan fingerprint density at radius 2 is 1.09 bits per heavy atom. The van der Waals surface area contributed by atoms with Crippen LogP contribution < -0.4 is 4.74 Å². The Kier molecular flexibility index (Phi) is 10.5. The van der Waals surface area contributed by atoms with Gasteiger partial charge in [-0.3, -0.25) is 0 Å². The molecule has 0 aliphatic rings. The molecule has 3 aromatic rings. The smallest absolute Gasteiger partial charge is 0.343 e. The Hall–Kier alpha value is -3.27. The first-order valence-corrected chi connectivity index (χ1v) is 12.6. The van der Waals surface area contributed by atoms with E-state index in [4.69, 9.17) is 4.74 Å². The summed E-state index contributed by atoms with van der Waals surface area (Å²) in [5.41, 5.74) is 4.68. The van der Waals surface area contributed by atoms with Crippen LogP contribution in [0.15, 0.2) is 83.0 Å². The van der Waals surface area contributed by atoms with Gasteiger partial charge < -0.3 is 4.74 Å². The predicted octanol–water partition coefficient (Wildman–Crippen LogP) is 9.18. The Balaban J connectivity index is 1.48. The first-order chi connectivity index (χ1) is 16.7. The zero-order chi connectivity index (χ0) is 24.0. The molecule has 0 fully saturated rings. The molecule has 3 aromatic carbocycles. The summed E-state index contributed by atoms with van der Waals surface area (Å²) in [5, 5.41) is 8.61.